The summed E-state index contributed by atoms with van der Waals surface area (Å²) in [4.78, 5) is 29.3. The molecule has 0 bridgehead atoms. The van der Waals surface area contributed by atoms with Crippen molar-refractivity contribution >= 4 is 56.7 Å². The highest BCUT2D eigenvalue weighted by Crippen LogP contribution is 2.22. The van der Waals surface area contributed by atoms with Crippen LogP contribution in [0.3, 0.4) is 0 Å². The van der Waals surface area contributed by atoms with Crippen LogP contribution >= 0.6 is 34.7 Å². The number of nitrogens with one attached hydrogen (secondary N) is 1. The van der Waals surface area contributed by atoms with Crippen LogP contribution in [0.5, 0.6) is 0 Å². The number of thiazole rings is 1. The lowest BCUT2D eigenvalue weighted by atomic mass is 9.95. The molecule has 1 aliphatic carbocycles. The smallest absolute Gasteiger partial charge is 0.258 e. The van der Waals surface area contributed by atoms with Crippen LogP contribution in [0.15, 0.2) is 23.2 Å². The lowest BCUT2D eigenvalue weighted by Crippen LogP contribution is -2.37. The normalized spacial score (nSPS) is 15.7. The average molecular weight is 456 g/mol. The van der Waals surface area contributed by atoms with Crippen molar-refractivity contribution in [2.75, 3.05) is 25.2 Å². The third kappa shape index (κ3) is 6.57. The van der Waals surface area contributed by atoms with Crippen LogP contribution in [0.25, 0.3) is 10.2 Å². The molecular weight excluding hydrogens is 430 g/mol. The summed E-state index contributed by atoms with van der Waals surface area (Å²) in [6, 6.07) is 5.92. The summed E-state index contributed by atoms with van der Waals surface area (Å²) in [5, 5.41) is 3.72. The standard InChI is InChI=1S/C20H26ClN3O3S2/c1-27-10-9-24-16-8-7-14(21)11-17(16)29-20(24)23-19(26)13-28-12-18(25)22-15-5-3-2-4-6-15/h7-8,11,15H,2-6,9-10,12-13H2,1H3,(H,22,25). The number of methoxy groups -OCH3 is 1. The van der Waals surface area contributed by atoms with Gasteiger partial charge in [0.25, 0.3) is 5.91 Å². The Bertz CT molecular complexity index is 919. The number of carbonyl (C=O) groups excluding carboxylic acids is 2. The molecule has 1 aliphatic rings. The second-order valence-electron chi connectivity index (χ2n) is 7.04. The Morgan fingerprint density at radius 2 is 2.10 bits per heavy atom. The minimum absolute atomic E-state index is 0.00126. The van der Waals surface area contributed by atoms with Gasteiger partial charge in [-0.15, -0.1) is 11.8 Å². The zero-order valence-electron chi connectivity index (χ0n) is 16.5. The average Bonchev–Trinajstić information content (AvgIpc) is 3.02. The van der Waals surface area contributed by atoms with E-state index in [2.05, 4.69) is 10.3 Å². The Morgan fingerprint density at radius 1 is 1.31 bits per heavy atom. The molecule has 1 fully saturated rings. The van der Waals surface area contributed by atoms with Crippen LogP contribution in [0.4, 0.5) is 0 Å². The first-order valence-corrected chi connectivity index (χ1v) is 12.1. The van der Waals surface area contributed by atoms with Gasteiger partial charge in [-0.2, -0.15) is 4.99 Å². The molecule has 1 saturated carbocycles. The predicted molar refractivity (Wildman–Crippen MR) is 120 cm³/mol. The first kappa shape index (κ1) is 22.3. The van der Waals surface area contributed by atoms with Gasteiger partial charge in [0.2, 0.25) is 5.91 Å². The van der Waals surface area contributed by atoms with Crippen LogP contribution in [0.2, 0.25) is 5.02 Å². The van der Waals surface area contributed by atoms with Crippen molar-refractivity contribution in [2.45, 2.75) is 44.7 Å². The van der Waals surface area contributed by atoms with Crippen molar-refractivity contribution in [3.63, 3.8) is 0 Å². The van der Waals surface area contributed by atoms with Crippen LogP contribution < -0.4 is 10.1 Å². The molecule has 9 heteroatoms. The number of aromatic nitrogens is 1. The number of halogens is 1. The molecule has 3 rings (SSSR count). The molecule has 0 aliphatic heterocycles. The Balaban J connectivity index is 1.60. The summed E-state index contributed by atoms with van der Waals surface area (Å²) in [5.74, 6) is 0.214. The highest BCUT2D eigenvalue weighted by molar-refractivity contribution is 8.00. The second-order valence-corrected chi connectivity index (χ2v) is 9.47. The summed E-state index contributed by atoms with van der Waals surface area (Å²) in [6.07, 6.45) is 5.73. The molecule has 1 aromatic heterocycles. The second kappa shape index (κ2) is 11.2. The number of hydrogen-bond acceptors (Lipinski definition) is 5. The van der Waals surface area contributed by atoms with E-state index in [1.165, 1.54) is 42.4 Å². The van der Waals surface area contributed by atoms with Gasteiger partial charge in [-0.25, -0.2) is 0 Å². The maximum Gasteiger partial charge on any atom is 0.258 e. The molecule has 0 atom stereocenters. The maximum atomic E-state index is 12.4. The number of benzene rings is 1. The van der Waals surface area contributed by atoms with Gasteiger partial charge >= 0.3 is 0 Å². The minimum atomic E-state index is -0.246. The Morgan fingerprint density at radius 3 is 2.86 bits per heavy atom. The van der Waals surface area contributed by atoms with E-state index in [0.29, 0.717) is 29.0 Å². The summed E-state index contributed by atoms with van der Waals surface area (Å²) in [7, 11) is 1.64. The maximum absolute atomic E-state index is 12.4. The Labute approximate surface area is 183 Å². The van der Waals surface area contributed by atoms with Crippen LogP contribution in [0.1, 0.15) is 32.1 Å². The largest absolute Gasteiger partial charge is 0.383 e. The zero-order chi connectivity index (χ0) is 20.6. The van der Waals surface area contributed by atoms with E-state index in [4.69, 9.17) is 16.3 Å². The Hall–Kier alpha value is -1.35. The van der Waals surface area contributed by atoms with Crippen molar-refractivity contribution in [1.29, 1.82) is 0 Å². The fourth-order valence-electron chi connectivity index (χ4n) is 3.42. The summed E-state index contributed by atoms with van der Waals surface area (Å²) in [5.41, 5.74) is 0.975. The van der Waals surface area contributed by atoms with Gasteiger partial charge in [0.15, 0.2) is 4.80 Å². The van der Waals surface area contributed by atoms with Crippen molar-refractivity contribution in [3.05, 3.63) is 28.0 Å². The molecule has 6 nitrogen and oxygen atoms in total. The van der Waals surface area contributed by atoms with Crippen molar-refractivity contribution in [1.82, 2.24) is 9.88 Å². The molecule has 0 radical (unpaired) electrons. The van der Waals surface area contributed by atoms with Crippen molar-refractivity contribution < 1.29 is 14.3 Å². The van der Waals surface area contributed by atoms with Gasteiger partial charge in [0.05, 0.1) is 28.3 Å². The number of fused-ring (bicyclic) bond motifs is 1. The first-order valence-electron chi connectivity index (χ1n) is 9.79. The van der Waals surface area contributed by atoms with E-state index in [1.807, 2.05) is 22.8 Å². The van der Waals surface area contributed by atoms with Gasteiger partial charge in [-0.1, -0.05) is 42.2 Å². The monoisotopic (exact) mass is 455 g/mol. The number of rotatable bonds is 8. The molecule has 1 heterocycles. The number of nitrogens with zero attached hydrogens (tertiary/aromatic N) is 2. The summed E-state index contributed by atoms with van der Waals surface area (Å²) in [6.45, 7) is 1.12. The molecular formula is C20H26ClN3O3S2. The van der Waals surface area contributed by atoms with Gasteiger partial charge in [-0.3, -0.25) is 9.59 Å². The molecule has 158 valence electrons. The van der Waals surface area contributed by atoms with Crippen molar-refractivity contribution in [3.8, 4) is 0 Å². The van der Waals surface area contributed by atoms with E-state index in [1.54, 1.807) is 7.11 Å². The van der Waals surface area contributed by atoms with E-state index >= 15 is 0 Å². The molecule has 0 unspecified atom stereocenters. The highest BCUT2D eigenvalue weighted by Gasteiger charge is 2.16. The summed E-state index contributed by atoms with van der Waals surface area (Å²) < 4.78 is 8.13. The van der Waals surface area contributed by atoms with Gasteiger partial charge in [0.1, 0.15) is 0 Å². The number of hydrogen-bond donors (Lipinski definition) is 1. The zero-order valence-corrected chi connectivity index (χ0v) is 18.9. The molecule has 29 heavy (non-hydrogen) atoms. The number of amides is 2. The van der Waals surface area contributed by atoms with Gasteiger partial charge < -0.3 is 14.6 Å². The van der Waals surface area contributed by atoms with Gasteiger partial charge in [0, 0.05) is 24.7 Å². The summed E-state index contributed by atoms with van der Waals surface area (Å²) >= 11 is 8.82. The fraction of sp³-hybridized carbons (Fsp3) is 0.550. The molecule has 2 amide bonds. The van der Waals surface area contributed by atoms with E-state index in [-0.39, 0.29) is 23.3 Å². The quantitative estimate of drug-likeness (QED) is 0.659. The van der Waals surface area contributed by atoms with Crippen LogP contribution in [-0.2, 0) is 20.9 Å². The molecule has 1 aromatic carbocycles. The van der Waals surface area contributed by atoms with E-state index in [0.717, 1.165) is 23.1 Å². The van der Waals surface area contributed by atoms with Crippen molar-refractivity contribution in [2.24, 2.45) is 4.99 Å². The molecule has 2 aromatic rings. The minimum Gasteiger partial charge on any atom is -0.383 e. The Kier molecular flexibility index (Phi) is 8.59. The van der Waals surface area contributed by atoms with E-state index < -0.39 is 0 Å². The molecule has 1 N–H and O–H groups in total. The number of carbonyl (C=O) groups is 2. The van der Waals surface area contributed by atoms with Crippen LogP contribution in [-0.4, -0.2) is 47.6 Å². The topological polar surface area (TPSA) is 72.7 Å². The van der Waals surface area contributed by atoms with Gasteiger partial charge in [-0.05, 0) is 31.0 Å². The third-order valence-electron chi connectivity index (χ3n) is 4.81. The fourth-order valence-corrected chi connectivity index (χ4v) is 5.38. The third-order valence-corrected chi connectivity index (χ3v) is 7.01. The number of thioether (sulfide) groups is 1. The molecule has 0 spiro atoms. The van der Waals surface area contributed by atoms with Crippen LogP contribution in [0, 0.1) is 0 Å². The lowest BCUT2D eigenvalue weighted by molar-refractivity contribution is -0.119. The predicted octanol–water partition coefficient (Wildman–Crippen LogP) is 3.61. The van der Waals surface area contributed by atoms with E-state index in [9.17, 15) is 9.59 Å². The SMILES string of the molecule is COCCn1c(=NC(=O)CSCC(=O)NC2CCCCC2)sc2cc(Cl)ccc21. The highest BCUT2D eigenvalue weighted by atomic mass is 35.5. The lowest BCUT2D eigenvalue weighted by Gasteiger charge is -2.22. The molecule has 0 saturated heterocycles. The first-order chi connectivity index (χ1) is 14.1. The number of ether oxygens (including phenoxy) is 1.